The van der Waals surface area contributed by atoms with Gasteiger partial charge >= 0.3 is 5.97 Å². The number of aromatic nitrogens is 5. The minimum Gasteiger partial charge on any atom is -0.475 e. The fraction of sp³-hybridized carbons (Fsp3) is 0.552. The molecular formula is C29H38N6O2. The van der Waals surface area contributed by atoms with Crippen molar-refractivity contribution in [1.29, 1.82) is 0 Å². The number of carboxylic acid groups (broad SMARTS) is 1. The van der Waals surface area contributed by atoms with Gasteiger partial charge in [-0.1, -0.05) is 51.7 Å². The van der Waals surface area contributed by atoms with E-state index in [0.29, 0.717) is 23.3 Å². The molecule has 0 aliphatic heterocycles. The molecule has 2 aliphatic rings. The van der Waals surface area contributed by atoms with E-state index < -0.39 is 5.97 Å². The zero-order valence-electron chi connectivity index (χ0n) is 22.2. The quantitative estimate of drug-likeness (QED) is 0.307. The van der Waals surface area contributed by atoms with Gasteiger partial charge in [0.05, 0.1) is 0 Å². The first-order chi connectivity index (χ1) is 17.9. The van der Waals surface area contributed by atoms with E-state index in [1.165, 1.54) is 30.4 Å². The molecule has 1 fully saturated rings. The zero-order chi connectivity index (χ0) is 25.9. The Morgan fingerprint density at radius 2 is 2.03 bits per heavy atom. The third kappa shape index (κ3) is 5.53. The lowest BCUT2D eigenvalue weighted by atomic mass is 9.83. The summed E-state index contributed by atoms with van der Waals surface area (Å²) in [7, 11) is 0. The molecular weight excluding hydrogens is 464 g/mol. The highest BCUT2D eigenvalue weighted by Crippen LogP contribution is 2.34. The van der Waals surface area contributed by atoms with Gasteiger partial charge in [0, 0.05) is 19.3 Å². The average molecular weight is 503 g/mol. The number of fused-ring (bicyclic) bond motifs is 1. The summed E-state index contributed by atoms with van der Waals surface area (Å²) in [5, 5.41) is 13.2. The molecule has 8 nitrogen and oxygen atoms in total. The Morgan fingerprint density at radius 3 is 2.68 bits per heavy atom. The van der Waals surface area contributed by atoms with Crippen LogP contribution in [0.3, 0.4) is 0 Å². The molecule has 0 aromatic carbocycles. The van der Waals surface area contributed by atoms with Gasteiger partial charge in [0.15, 0.2) is 17.3 Å². The van der Waals surface area contributed by atoms with Crippen LogP contribution in [0, 0.1) is 11.8 Å². The van der Waals surface area contributed by atoms with Gasteiger partial charge in [-0.2, -0.15) is 0 Å². The second-order valence-electron chi connectivity index (χ2n) is 10.9. The smallest absolute Gasteiger partial charge is 0.374 e. The number of carbonyl (C=O) groups is 1. The SMILES string of the molecule is CCC1=CC[C@H](Cn2c(-c3cc(C(C)C)ccn3)nc3nc(C(=O)O)nc(NCCC4CCC4)c32)CC1. The Morgan fingerprint density at radius 1 is 1.19 bits per heavy atom. The second kappa shape index (κ2) is 11.0. The van der Waals surface area contributed by atoms with Gasteiger partial charge in [-0.25, -0.2) is 19.7 Å². The Hall–Kier alpha value is -3.29. The number of carboxylic acids is 1. The van der Waals surface area contributed by atoms with E-state index in [4.69, 9.17) is 4.98 Å². The Balaban J connectivity index is 1.60. The van der Waals surface area contributed by atoms with Crippen LogP contribution in [0.25, 0.3) is 22.7 Å². The lowest BCUT2D eigenvalue weighted by Crippen LogP contribution is -2.18. The summed E-state index contributed by atoms with van der Waals surface area (Å²) in [6.45, 7) is 8.07. The average Bonchev–Trinajstić information content (AvgIpc) is 3.24. The van der Waals surface area contributed by atoms with E-state index in [1.807, 2.05) is 12.3 Å². The van der Waals surface area contributed by atoms with Crippen molar-refractivity contribution in [1.82, 2.24) is 24.5 Å². The maximum absolute atomic E-state index is 11.9. The van der Waals surface area contributed by atoms with Crippen molar-refractivity contribution in [2.75, 3.05) is 11.9 Å². The molecule has 2 aliphatic carbocycles. The molecule has 196 valence electrons. The number of anilines is 1. The number of hydrogen-bond acceptors (Lipinski definition) is 6. The number of allylic oxidation sites excluding steroid dienone is 2. The predicted octanol–water partition coefficient (Wildman–Crippen LogP) is 6.45. The molecule has 0 saturated heterocycles. The fourth-order valence-electron chi connectivity index (χ4n) is 5.42. The summed E-state index contributed by atoms with van der Waals surface area (Å²) in [6, 6.07) is 4.13. The first kappa shape index (κ1) is 25.4. The highest BCUT2D eigenvalue weighted by atomic mass is 16.4. The van der Waals surface area contributed by atoms with Crippen molar-refractivity contribution in [3.8, 4) is 11.5 Å². The van der Waals surface area contributed by atoms with Crippen molar-refractivity contribution < 1.29 is 9.90 Å². The van der Waals surface area contributed by atoms with Crippen LogP contribution in [0.5, 0.6) is 0 Å². The maximum Gasteiger partial charge on any atom is 0.374 e. The summed E-state index contributed by atoms with van der Waals surface area (Å²) < 4.78 is 2.19. The topological polar surface area (TPSA) is 106 Å². The van der Waals surface area contributed by atoms with Gasteiger partial charge in [-0.05, 0) is 67.6 Å². The fourth-order valence-corrected chi connectivity index (χ4v) is 5.42. The number of pyridine rings is 1. The van der Waals surface area contributed by atoms with Gasteiger partial charge in [-0.3, -0.25) is 4.98 Å². The molecule has 1 atom stereocenters. The third-order valence-electron chi connectivity index (χ3n) is 8.05. The van der Waals surface area contributed by atoms with Crippen LogP contribution in [0.15, 0.2) is 30.0 Å². The molecule has 8 heteroatoms. The summed E-state index contributed by atoms with van der Waals surface area (Å²) in [6.07, 6.45) is 13.5. The van der Waals surface area contributed by atoms with Crippen LogP contribution in [0.2, 0.25) is 0 Å². The molecule has 3 heterocycles. The van der Waals surface area contributed by atoms with Crippen molar-refractivity contribution in [3.63, 3.8) is 0 Å². The minimum absolute atomic E-state index is 0.230. The van der Waals surface area contributed by atoms with Crippen LogP contribution in [-0.2, 0) is 6.54 Å². The Labute approximate surface area is 218 Å². The Bertz CT molecular complexity index is 1310. The number of hydrogen-bond donors (Lipinski definition) is 2. The molecule has 0 spiro atoms. The lowest BCUT2D eigenvalue weighted by Gasteiger charge is -2.25. The van der Waals surface area contributed by atoms with E-state index in [-0.39, 0.29) is 5.82 Å². The standard InChI is InChI=1S/C29H38N6O2/c1-4-19-8-10-21(11-9-19)17-35-24-25(31-14-12-20-6-5-7-20)32-27(29(36)37)33-26(24)34-28(35)23-16-22(18(2)3)13-15-30-23/h8,13,15-16,18,20-21H,4-7,9-12,14,17H2,1-3H3,(H,36,37)(H,31,32,33)/t21-/m0/s1. The molecule has 5 rings (SSSR count). The molecule has 1 saturated carbocycles. The third-order valence-corrected chi connectivity index (χ3v) is 8.05. The van der Waals surface area contributed by atoms with Crippen LogP contribution in [0.4, 0.5) is 5.82 Å². The van der Waals surface area contributed by atoms with Crippen LogP contribution < -0.4 is 5.32 Å². The van der Waals surface area contributed by atoms with E-state index in [2.05, 4.69) is 57.7 Å². The number of imidazole rings is 1. The molecule has 0 amide bonds. The molecule has 3 aromatic rings. The predicted molar refractivity (Wildman–Crippen MR) is 146 cm³/mol. The number of rotatable bonds is 10. The number of nitrogens with zero attached hydrogens (tertiary/aromatic N) is 5. The highest BCUT2D eigenvalue weighted by Gasteiger charge is 2.25. The summed E-state index contributed by atoms with van der Waals surface area (Å²) in [4.78, 5) is 30.3. The largest absolute Gasteiger partial charge is 0.475 e. The first-order valence-electron chi connectivity index (χ1n) is 13.8. The van der Waals surface area contributed by atoms with Gasteiger partial charge < -0.3 is 15.0 Å². The van der Waals surface area contributed by atoms with Crippen molar-refractivity contribution >= 4 is 23.0 Å². The summed E-state index contributed by atoms with van der Waals surface area (Å²) in [5.41, 5.74) is 4.68. The van der Waals surface area contributed by atoms with E-state index in [0.717, 1.165) is 68.1 Å². The highest BCUT2D eigenvalue weighted by molar-refractivity contribution is 5.92. The molecule has 37 heavy (non-hydrogen) atoms. The normalized spacial score (nSPS) is 18.2. The van der Waals surface area contributed by atoms with Crippen molar-refractivity contribution in [2.45, 2.75) is 84.6 Å². The van der Waals surface area contributed by atoms with E-state index in [9.17, 15) is 9.90 Å². The number of nitrogens with one attached hydrogen (secondary N) is 1. The van der Waals surface area contributed by atoms with E-state index in [1.54, 1.807) is 0 Å². The van der Waals surface area contributed by atoms with Gasteiger partial charge in [0.25, 0.3) is 0 Å². The molecule has 0 bridgehead atoms. The van der Waals surface area contributed by atoms with Gasteiger partial charge in [0.1, 0.15) is 11.2 Å². The van der Waals surface area contributed by atoms with E-state index >= 15 is 0 Å². The first-order valence-corrected chi connectivity index (χ1v) is 13.8. The van der Waals surface area contributed by atoms with Crippen molar-refractivity contribution in [2.24, 2.45) is 11.8 Å². The molecule has 2 N–H and O–H groups in total. The second-order valence-corrected chi connectivity index (χ2v) is 10.9. The number of aromatic carboxylic acids is 1. The maximum atomic E-state index is 11.9. The zero-order valence-corrected chi connectivity index (χ0v) is 22.2. The summed E-state index contributed by atoms with van der Waals surface area (Å²) in [5.74, 6) is 1.47. The molecule has 0 radical (unpaired) electrons. The summed E-state index contributed by atoms with van der Waals surface area (Å²) >= 11 is 0. The molecule has 0 unspecified atom stereocenters. The van der Waals surface area contributed by atoms with Crippen LogP contribution in [-0.4, -0.2) is 42.1 Å². The monoisotopic (exact) mass is 502 g/mol. The Kier molecular flexibility index (Phi) is 7.53. The van der Waals surface area contributed by atoms with Crippen LogP contribution in [0.1, 0.15) is 94.2 Å². The van der Waals surface area contributed by atoms with Crippen molar-refractivity contribution in [3.05, 3.63) is 41.4 Å². The minimum atomic E-state index is -1.15. The van der Waals surface area contributed by atoms with Crippen LogP contribution >= 0.6 is 0 Å². The van der Waals surface area contributed by atoms with Gasteiger partial charge in [-0.15, -0.1) is 0 Å². The van der Waals surface area contributed by atoms with Gasteiger partial charge in [0.2, 0.25) is 5.82 Å². The lowest BCUT2D eigenvalue weighted by molar-refractivity contribution is 0.0684. The molecule has 3 aromatic heterocycles.